The van der Waals surface area contributed by atoms with Gasteiger partial charge in [0.2, 0.25) is 0 Å². The van der Waals surface area contributed by atoms with Crippen molar-refractivity contribution in [3.05, 3.63) is 70.1 Å². The quantitative estimate of drug-likeness (QED) is 0.355. The number of thiophene rings is 1. The van der Waals surface area contributed by atoms with Gasteiger partial charge in [0, 0.05) is 31.9 Å². The van der Waals surface area contributed by atoms with E-state index in [1.165, 1.54) is 28.4 Å². The third kappa shape index (κ3) is 4.09. The molecular weight excluding hydrogens is 494 g/mol. The van der Waals surface area contributed by atoms with Crippen molar-refractivity contribution in [3.63, 3.8) is 0 Å². The fourth-order valence-corrected chi connectivity index (χ4v) is 4.78. The molecule has 0 unspecified atom stereocenters. The molecule has 176 valence electrons. The third-order valence-corrected chi connectivity index (χ3v) is 6.80. The van der Waals surface area contributed by atoms with Gasteiger partial charge in [-0.2, -0.15) is 18.3 Å². The molecule has 1 aromatic carbocycles. The van der Waals surface area contributed by atoms with E-state index >= 15 is 0 Å². The summed E-state index contributed by atoms with van der Waals surface area (Å²) >= 11 is 7.60. The molecule has 0 atom stereocenters. The number of hydrogen-bond acceptors (Lipinski definition) is 5. The molecule has 1 aliphatic heterocycles. The zero-order valence-corrected chi connectivity index (χ0v) is 19.0. The first-order valence-corrected chi connectivity index (χ1v) is 11.5. The van der Waals surface area contributed by atoms with E-state index in [-0.39, 0.29) is 27.9 Å². The molecule has 6 nitrogen and oxygen atoms in total. The summed E-state index contributed by atoms with van der Waals surface area (Å²) < 4.78 is 55.2. The number of anilines is 1. The average molecular weight is 510 g/mol. The van der Waals surface area contributed by atoms with Crippen LogP contribution < -0.4 is 4.90 Å². The van der Waals surface area contributed by atoms with Gasteiger partial charge in [-0.1, -0.05) is 17.7 Å². The van der Waals surface area contributed by atoms with E-state index in [1.807, 2.05) is 4.90 Å². The molecule has 0 spiro atoms. The molecule has 5 rings (SSSR count). The molecule has 0 saturated carbocycles. The van der Waals surface area contributed by atoms with Crippen molar-refractivity contribution in [2.75, 3.05) is 31.1 Å². The van der Waals surface area contributed by atoms with Crippen LogP contribution in [0.25, 0.3) is 16.2 Å². The number of carbonyl (C=O) groups excluding carboxylic acids is 1. The zero-order valence-electron chi connectivity index (χ0n) is 17.4. The predicted molar refractivity (Wildman–Crippen MR) is 121 cm³/mol. The lowest BCUT2D eigenvalue weighted by Gasteiger charge is -2.35. The van der Waals surface area contributed by atoms with E-state index in [1.54, 1.807) is 29.6 Å². The van der Waals surface area contributed by atoms with Crippen molar-refractivity contribution in [3.8, 4) is 10.6 Å². The Hall–Kier alpha value is -3.18. The highest BCUT2D eigenvalue weighted by molar-refractivity contribution is 7.13. The topological polar surface area (TPSA) is 53.7 Å². The van der Waals surface area contributed by atoms with Gasteiger partial charge >= 0.3 is 6.18 Å². The number of halogens is 5. The van der Waals surface area contributed by atoms with Crippen molar-refractivity contribution < 1.29 is 22.4 Å². The molecule has 3 aromatic heterocycles. The first-order valence-electron chi connectivity index (χ1n) is 10.2. The summed E-state index contributed by atoms with van der Waals surface area (Å²) in [7, 11) is 0. The smallest absolute Gasteiger partial charge is 0.368 e. The molecule has 1 amide bonds. The van der Waals surface area contributed by atoms with Crippen LogP contribution in [0.4, 0.5) is 23.2 Å². The molecule has 1 fully saturated rings. The van der Waals surface area contributed by atoms with E-state index < -0.39 is 17.8 Å². The lowest BCUT2D eigenvalue weighted by molar-refractivity contribution is -0.142. The number of hydrogen-bond donors (Lipinski definition) is 0. The second-order valence-corrected chi connectivity index (χ2v) is 8.98. The van der Waals surface area contributed by atoms with E-state index in [9.17, 15) is 22.4 Å². The standard InChI is InChI=1S/C22H16ClF4N5OS/c23-18-19(21(33)31-9-7-30(8-10-31)14-5-3-13(24)4-6-14)29-32-17(22(25,26)27)12-15(28-20(18)32)16-2-1-11-34-16/h1-6,11-12H,7-10H2. The maximum Gasteiger partial charge on any atom is 0.433 e. The largest absolute Gasteiger partial charge is 0.433 e. The summed E-state index contributed by atoms with van der Waals surface area (Å²) in [4.78, 5) is 21.4. The minimum absolute atomic E-state index is 0.100. The van der Waals surface area contributed by atoms with Crippen molar-refractivity contribution in [2.45, 2.75) is 6.18 Å². The summed E-state index contributed by atoms with van der Waals surface area (Å²) in [6, 6.07) is 10.3. The second-order valence-electron chi connectivity index (χ2n) is 7.66. The minimum Gasteiger partial charge on any atom is -0.368 e. The number of amides is 1. The lowest BCUT2D eigenvalue weighted by Crippen LogP contribution is -2.49. The monoisotopic (exact) mass is 509 g/mol. The molecule has 0 radical (unpaired) electrons. The third-order valence-electron chi connectivity index (χ3n) is 5.56. The predicted octanol–water partition coefficient (Wildman–Crippen LogP) is 5.23. The van der Waals surface area contributed by atoms with Gasteiger partial charge in [0.05, 0.1) is 10.6 Å². The highest BCUT2D eigenvalue weighted by Gasteiger charge is 2.37. The Bertz CT molecular complexity index is 1350. The first kappa shape index (κ1) is 22.6. The van der Waals surface area contributed by atoms with Gasteiger partial charge in [0.25, 0.3) is 5.91 Å². The fourth-order valence-electron chi connectivity index (χ4n) is 3.85. The van der Waals surface area contributed by atoms with E-state index in [0.29, 0.717) is 35.6 Å². The minimum atomic E-state index is -4.73. The van der Waals surface area contributed by atoms with Crippen LogP contribution in [-0.4, -0.2) is 51.6 Å². The Kier molecular flexibility index (Phi) is 5.68. The van der Waals surface area contributed by atoms with E-state index in [2.05, 4.69) is 10.1 Å². The number of aromatic nitrogens is 3. The van der Waals surface area contributed by atoms with Crippen LogP contribution in [0.2, 0.25) is 5.02 Å². The number of nitrogens with zero attached hydrogens (tertiary/aromatic N) is 5. The molecule has 0 aliphatic carbocycles. The number of rotatable bonds is 3. The van der Waals surface area contributed by atoms with Crippen LogP contribution in [0.15, 0.2) is 47.8 Å². The van der Waals surface area contributed by atoms with Crippen LogP contribution in [0.3, 0.4) is 0 Å². The van der Waals surface area contributed by atoms with Crippen LogP contribution in [-0.2, 0) is 6.18 Å². The van der Waals surface area contributed by atoms with Crippen LogP contribution >= 0.6 is 22.9 Å². The molecule has 34 heavy (non-hydrogen) atoms. The number of benzene rings is 1. The first-order chi connectivity index (χ1) is 16.2. The van der Waals surface area contributed by atoms with Gasteiger partial charge in [-0.05, 0) is 41.8 Å². The van der Waals surface area contributed by atoms with Gasteiger partial charge in [0.15, 0.2) is 17.0 Å². The van der Waals surface area contributed by atoms with Gasteiger partial charge in [-0.25, -0.2) is 13.9 Å². The SMILES string of the molecule is O=C(c1nn2c(C(F)(F)F)cc(-c3cccs3)nc2c1Cl)N1CCN(c2ccc(F)cc2)CC1. The van der Waals surface area contributed by atoms with Crippen LogP contribution in [0.5, 0.6) is 0 Å². The van der Waals surface area contributed by atoms with Crippen molar-refractivity contribution in [1.29, 1.82) is 0 Å². The number of carbonyl (C=O) groups is 1. The number of piperazine rings is 1. The molecule has 1 saturated heterocycles. The lowest BCUT2D eigenvalue weighted by atomic mass is 10.2. The average Bonchev–Trinajstić information content (AvgIpc) is 3.47. The Morgan fingerprint density at radius 3 is 2.38 bits per heavy atom. The molecule has 0 bridgehead atoms. The molecule has 4 aromatic rings. The summed E-state index contributed by atoms with van der Waals surface area (Å²) in [5.41, 5.74) is -0.655. The van der Waals surface area contributed by atoms with Gasteiger partial charge < -0.3 is 9.80 Å². The molecule has 1 aliphatic rings. The van der Waals surface area contributed by atoms with Crippen LogP contribution in [0, 0.1) is 5.82 Å². The van der Waals surface area contributed by atoms with Crippen molar-refractivity contribution in [2.24, 2.45) is 0 Å². The van der Waals surface area contributed by atoms with E-state index in [0.717, 1.165) is 11.8 Å². The highest BCUT2D eigenvalue weighted by Crippen LogP contribution is 2.35. The summed E-state index contributed by atoms with van der Waals surface area (Å²) in [6.07, 6.45) is -4.73. The normalized spacial score (nSPS) is 14.7. The molecular formula is C22H16ClF4N5OS. The summed E-state index contributed by atoms with van der Waals surface area (Å²) in [6.45, 7) is 1.55. The zero-order chi connectivity index (χ0) is 24.0. The van der Waals surface area contributed by atoms with E-state index in [4.69, 9.17) is 11.6 Å². The Morgan fingerprint density at radius 1 is 1.06 bits per heavy atom. The van der Waals surface area contributed by atoms with Gasteiger partial charge in [-0.3, -0.25) is 4.79 Å². The van der Waals surface area contributed by atoms with Crippen molar-refractivity contribution >= 4 is 40.2 Å². The molecule has 0 N–H and O–H groups in total. The molecule has 12 heteroatoms. The number of alkyl halides is 3. The molecule has 4 heterocycles. The van der Waals surface area contributed by atoms with Crippen LogP contribution in [0.1, 0.15) is 16.2 Å². The maximum absolute atomic E-state index is 13.8. The number of fused-ring (bicyclic) bond motifs is 1. The highest BCUT2D eigenvalue weighted by atomic mass is 35.5. The Labute approximate surface area is 200 Å². The van der Waals surface area contributed by atoms with Gasteiger partial charge in [0.1, 0.15) is 10.8 Å². The Morgan fingerprint density at radius 2 is 1.76 bits per heavy atom. The van der Waals surface area contributed by atoms with Crippen molar-refractivity contribution in [1.82, 2.24) is 19.5 Å². The maximum atomic E-state index is 13.8. The summed E-state index contributed by atoms with van der Waals surface area (Å²) in [5, 5.41) is 5.42. The summed E-state index contributed by atoms with van der Waals surface area (Å²) in [5.74, 6) is -0.909. The fraction of sp³-hybridized carbons (Fsp3) is 0.227. The second kappa shape index (κ2) is 8.55. The van der Waals surface area contributed by atoms with Gasteiger partial charge in [-0.15, -0.1) is 11.3 Å². The Balaban J connectivity index is 1.45.